The van der Waals surface area contributed by atoms with Crippen molar-refractivity contribution in [2.45, 2.75) is 43.5 Å². The van der Waals surface area contributed by atoms with Crippen LogP contribution in [0.5, 0.6) is 0 Å². The highest BCUT2D eigenvalue weighted by molar-refractivity contribution is 7.99. The van der Waals surface area contributed by atoms with Crippen LogP contribution in [0.3, 0.4) is 0 Å². The molecule has 0 saturated carbocycles. The molecule has 0 amide bonds. The van der Waals surface area contributed by atoms with E-state index in [2.05, 4.69) is 9.88 Å². The molecule has 4 rings (SSSR count). The van der Waals surface area contributed by atoms with Gasteiger partial charge < -0.3 is 4.90 Å². The van der Waals surface area contributed by atoms with Crippen molar-refractivity contribution < 1.29 is 13.2 Å². The highest BCUT2D eigenvalue weighted by atomic mass is 35.5. The van der Waals surface area contributed by atoms with Crippen LogP contribution in [0.15, 0.2) is 40.3 Å². The van der Waals surface area contributed by atoms with E-state index in [-0.39, 0.29) is 40.6 Å². The molecule has 1 aliphatic heterocycles. The Bertz CT molecular complexity index is 1330. The number of likely N-dealkylation sites (tertiary alicyclic amines) is 1. The van der Waals surface area contributed by atoms with Gasteiger partial charge in [-0.2, -0.15) is 13.2 Å². The molecule has 0 spiro atoms. The molecule has 0 radical (unpaired) electrons. The predicted octanol–water partition coefficient (Wildman–Crippen LogP) is 6.02. The number of aromatic nitrogens is 2. The van der Waals surface area contributed by atoms with E-state index in [1.165, 1.54) is 10.9 Å². The largest absolute Gasteiger partial charge is 0.416 e. The lowest BCUT2D eigenvalue weighted by molar-refractivity contribution is -0.138. The molecule has 5 nitrogen and oxygen atoms in total. The van der Waals surface area contributed by atoms with Crippen LogP contribution in [0.2, 0.25) is 10.0 Å². The third kappa shape index (κ3) is 5.70. The van der Waals surface area contributed by atoms with Crippen molar-refractivity contribution in [3.8, 4) is 0 Å². The molecule has 1 aliphatic rings. The maximum Gasteiger partial charge on any atom is 0.416 e. The van der Waals surface area contributed by atoms with Crippen LogP contribution in [0.25, 0.3) is 10.9 Å². The lowest BCUT2D eigenvalue weighted by atomic mass is 10.0. The first kappa shape index (κ1) is 27.3. The summed E-state index contributed by atoms with van der Waals surface area (Å²) in [5.41, 5.74) is -0.647. The van der Waals surface area contributed by atoms with Gasteiger partial charge in [-0.1, -0.05) is 30.1 Å². The van der Waals surface area contributed by atoms with Crippen molar-refractivity contribution in [1.82, 2.24) is 19.4 Å². The first-order valence-corrected chi connectivity index (χ1v) is 13.3. The highest BCUT2D eigenvalue weighted by Crippen LogP contribution is 2.39. The first-order chi connectivity index (χ1) is 17.0. The fraction of sp³-hybridized carbons (Fsp3) is 0.440. The minimum atomic E-state index is -4.67. The van der Waals surface area contributed by atoms with Crippen molar-refractivity contribution in [2.75, 3.05) is 32.9 Å². The summed E-state index contributed by atoms with van der Waals surface area (Å²) in [6.07, 6.45) is -2.46. The van der Waals surface area contributed by atoms with Gasteiger partial charge in [-0.15, -0.1) is 11.8 Å². The smallest absolute Gasteiger partial charge is 0.305 e. The summed E-state index contributed by atoms with van der Waals surface area (Å²) in [6.45, 7) is 3.49. The van der Waals surface area contributed by atoms with Gasteiger partial charge in [-0.3, -0.25) is 14.3 Å². The molecule has 1 saturated heterocycles. The van der Waals surface area contributed by atoms with Crippen molar-refractivity contribution in [3.63, 3.8) is 0 Å². The van der Waals surface area contributed by atoms with Crippen LogP contribution < -0.4 is 5.56 Å². The number of alkyl halides is 3. The molecule has 11 heteroatoms. The summed E-state index contributed by atoms with van der Waals surface area (Å²) in [5.74, 6) is 0.819. The molecule has 0 N–H and O–H groups in total. The predicted molar refractivity (Wildman–Crippen MR) is 140 cm³/mol. The Hall–Kier alpha value is -1.78. The van der Waals surface area contributed by atoms with E-state index in [0.29, 0.717) is 18.1 Å². The first-order valence-electron chi connectivity index (χ1n) is 11.6. The molecule has 0 unspecified atom stereocenters. The molecule has 1 fully saturated rings. The minimum Gasteiger partial charge on any atom is -0.305 e. The van der Waals surface area contributed by atoms with Gasteiger partial charge in [0.15, 0.2) is 0 Å². The van der Waals surface area contributed by atoms with Gasteiger partial charge in [0.05, 0.1) is 34.4 Å². The lowest BCUT2D eigenvalue weighted by Gasteiger charge is -2.23. The molecule has 194 valence electrons. The molecule has 0 bridgehead atoms. The Kier molecular flexibility index (Phi) is 8.26. The Morgan fingerprint density at radius 3 is 2.58 bits per heavy atom. The van der Waals surface area contributed by atoms with Gasteiger partial charge in [0.2, 0.25) is 0 Å². The molecular weight excluding hydrogens is 532 g/mol. The van der Waals surface area contributed by atoms with Gasteiger partial charge in [-0.05, 0) is 61.7 Å². The molecule has 2 heterocycles. The summed E-state index contributed by atoms with van der Waals surface area (Å²) >= 11 is 14.3. The molecule has 0 aliphatic carbocycles. The maximum absolute atomic E-state index is 14.2. The van der Waals surface area contributed by atoms with Crippen LogP contribution in [0.4, 0.5) is 13.2 Å². The van der Waals surface area contributed by atoms with Crippen molar-refractivity contribution in [1.29, 1.82) is 0 Å². The Morgan fingerprint density at radius 2 is 1.94 bits per heavy atom. The monoisotopic (exact) mass is 558 g/mol. The Morgan fingerprint density at radius 1 is 1.19 bits per heavy atom. The number of likely N-dealkylation sites (N-methyl/N-ethyl adjacent to an activating group) is 1. The van der Waals surface area contributed by atoms with E-state index in [4.69, 9.17) is 23.2 Å². The molecule has 1 atom stereocenters. The summed E-state index contributed by atoms with van der Waals surface area (Å²) in [4.78, 5) is 22.6. The van der Waals surface area contributed by atoms with Crippen molar-refractivity contribution in [2.24, 2.45) is 0 Å². The molecular formula is C25H27Cl2F3N4OS. The van der Waals surface area contributed by atoms with Gasteiger partial charge >= 0.3 is 6.18 Å². The normalized spacial score (nSPS) is 17.0. The topological polar surface area (TPSA) is 41.4 Å². The van der Waals surface area contributed by atoms with Crippen LogP contribution in [-0.2, 0) is 19.3 Å². The number of thioether (sulfide) groups is 1. The fourth-order valence-corrected chi connectivity index (χ4v) is 5.87. The fourth-order valence-electron chi connectivity index (χ4n) is 4.58. The number of hydrogen-bond acceptors (Lipinski definition) is 5. The van der Waals surface area contributed by atoms with E-state index >= 15 is 0 Å². The van der Waals surface area contributed by atoms with Crippen LogP contribution in [0.1, 0.15) is 30.0 Å². The molecule has 36 heavy (non-hydrogen) atoms. The van der Waals surface area contributed by atoms with E-state index in [0.717, 1.165) is 28.7 Å². The SMILES string of the molecule is CCSc1ccc(Cl)cc1Cn1cnc2c(Cl)c(CN3CC[C@@H](N(C)C)C3)c(C(F)(F)F)cc2c1=O. The van der Waals surface area contributed by atoms with E-state index < -0.39 is 17.3 Å². The average Bonchev–Trinajstić information content (AvgIpc) is 3.27. The van der Waals surface area contributed by atoms with Gasteiger partial charge in [-0.25, -0.2) is 4.98 Å². The van der Waals surface area contributed by atoms with Crippen molar-refractivity contribution >= 4 is 45.9 Å². The number of benzene rings is 2. The Labute approximate surface area is 222 Å². The summed E-state index contributed by atoms with van der Waals surface area (Å²) in [6, 6.07) is 6.57. The van der Waals surface area contributed by atoms with E-state index in [9.17, 15) is 18.0 Å². The van der Waals surface area contributed by atoms with Crippen LogP contribution >= 0.6 is 35.0 Å². The van der Waals surface area contributed by atoms with Crippen LogP contribution in [-0.4, -0.2) is 58.3 Å². The summed E-state index contributed by atoms with van der Waals surface area (Å²) in [5, 5.41) is 0.234. The van der Waals surface area contributed by atoms with E-state index in [1.54, 1.807) is 23.9 Å². The van der Waals surface area contributed by atoms with Gasteiger partial charge in [0.1, 0.15) is 0 Å². The number of hydrogen-bond donors (Lipinski definition) is 0. The second kappa shape index (κ2) is 10.9. The number of rotatable bonds is 7. The maximum atomic E-state index is 14.2. The van der Waals surface area contributed by atoms with Crippen LogP contribution in [0, 0.1) is 0 Å². The third-order valence-electron chi connectivity index (χ3n) is 6.49. The standard InChI is InChI=1S/C25H27Cl2F3N4OS/c1-4-36-21-6-5-16(26)9-15(21)11-34-14-31-23-18(24(34)35)10-20(25(28,29)30)19(22(23)27)13-33-8-7-17(12-33)32(2)3/h5-6,9-10,14,17H,4,7-8,11-13H2,1-3H3/t17-/m1/s1. The quantitative estimate of drug-likeness (QED) is 0.332. The Balaban J connectivity index is 1.77. The second-order valence-corrected chi connectivity index (χ2v) is 11.2. The van der Waals surface area contributed by atoms with Gasteiger partial charge in [0.25, 0.3) is 5.56 Å². The van der Waals surface area contributed by atoms with Crippen molar-refractivity contribution in [3.05, 3.63) is 67.7 Å². The zero-order chi connectivity index (χ0) is 26.2. The highest BCUT2D eigenvalue weighted by Gasteiger charge is 2.37. The minimum absolute atomic E-state index is 0.0405. The molecule has 1 aromatic heterocycles. The summed E-state index contributed by atoms with van der Waals surface area (Å²) in [7, 11) is 3.92. The molecule has 3 aromatic rings. The average molecular weight is 559 g/mol. The van der Waals surface area contributed by atoms with E-state index in [1.807, 2.05) is 32.0 Å². The lowest BCUT2D eigenvalue weighted by Crippen LogP contribution is -2.31. The molecule has 2 aromatic carbocycles. The zero-order valence-corrected chi connectivity index (χ0v) is 22.5. The third-order valence-corrected chi connectivity index (χ3v) is 8.13. The summed E-state index contributed by atoms with van der Waals surface area (Å²) < 4.78 is 43.8. The zero-order valence-electron chi connectivity index (χ0n) is 20.2. The number of nitrogens with zero attached hydrogens (tertiary/aromatic N) is 4. The number of fused-ring (bicyclic) bond motifs is 1. The second-order valence-electron chi connectivity index (χ2n) is 9.11. The van der Waals surface area contributed by atoms with Gasteiger partial charge in [0, 0.05) is 35.6 Å². The number of halogens is 5.